The lowest BCUT2D eigenvalue weighted by Crippen LogP contribution is -2.37. The first-order chi connectivity index (χ1) is 10.3. The Morgan fingerprint density at radius 3 is 2.52 bits per heavy atom. The van der Waals surface area contributed by atoms with Crippen molar-refractivity contribution >= 4 is 18.3 Å². The van der Waals surface area contributed by atoms with Crippen molar-refractivity contribution in [2.24, 2.45) is 0 Å². The van der Waals surface area contributed by atoms with Crippen LogP contribution in [-0.2, 0) is 0 Å². The van der Waals surface area contributed by atoms with Gasteiger partial charge in [0.15, 0.2) is 6.61 Å². The highest BCUT2D eigenvalue weighted by atomic mass is 35.5. The van der Waals surface area contributed by atoms with Gasteiger partial charge in [-0.3, -0.25) is 4.79 Å². The standard InChI is InChI=1S/C13H17F4N3O2.ClH/c1-8(18-2)5-20-11(21)9-3-4-10(19-6-9)22-7-13(16,17)12(14)15;/h3-4,6,8,12,18H,5,7H2,1-2H3,(H,20,21);1H. The van der Waals surface area contributed by atoms with Crippen LogP contribution in [0.25, 0.3) is 0 Å². The fraction of sp³-hybridized carbons (Fsp3) is 0.538. The topological polar surface area (TPSA) is 63.2 Å². The molecular formula is C13H18ClF4N3O2. The van der Waals surface area contributed by atoms with Crippen molar-refractivity contribution in [1.29, 1.82) is 0 Å². The SMILES string of the molecule is CNC(C)CNC(=O)c1ccc(OCC(F)(F)C(F)F)nc1.Cl. The smallest absolute Gasteiger partial charge is 0.340 e. The van der Waals surface area contributed by atoms with Gasteiger partial charge in [-0.25, -0.2) is 13.8 Å². The van der Waals surface area contributed by atoms with Crippen LogP contribution in [0, 0.1) is 0 Å². The summed E-state index contributed by atoms with van der Waals surface area (Å²) in [5.74, 6) is -4.90. The Labute approximate surface area is 137 Å². The lowest BCUT2D eigenvalue weighted by atomic mass is 10.2. The molecule has 1 aromatic heterocycles. The number of halogens is 5. The third kappa shape index (κ3) is 7.00. The van der Waals surface area contributed by atoms with Crippen LogP contribution in [0.1, 0.15) is 17.3 Å². The Hall–Kier alpha value is -1.61. The second-order valence-corrected chi connectivity index (χ2v) is 4.64. The fourth-order valence-electron chi connectivity index (χ4n) is 1.28. The quantitative estimate of drug-likeness (QED) is 0.698. The summed E-state index contributed by atoms with van der Waals surface area (Å²) in [5.41, 5.74) is 0.205. The van der Waals surface area contributed by atoms with Crippen molar-refractivity contribution in [2.45, 2.75) is 25.3 Å². The maximum atomic E-state index is 12.7. The number of nitrogens with zero attached hydrogens (tertiary/aromatic N) is 1. The second kappa shape index (κ2) is 9.51. The van der Waals surface area contributed by atoms with Gasteiger partial charge in [0, 0.05) is 24.8 Å². The van der Waals surface area contributed by atoms with Crippen LogP contribution in [0.5, 0.6) is 5.88 Å². The van der Waals surface area contributed by atoms with Crippen molar-refractivity contribution in [2.75, 3.05) is 20.2 Å². The first-order valence-electron chi connectivity index (χ1n) is 6.46. The Kier molecular flexibility index (Phi) is 8.85. The third-order valence-electron chi connectivity index (χ3n) is 2.79. The first-order valence-corrected chi connectivity index (χ1v) is 6.46. The number of alkyl halides is 4. The van der Waals surface area contributed by atoms with Crippen molar-refractivity contribution in [3.05, 3.63) is 23.9 Å². The number of nitrogens with one attached hydrogen (secondary N) is 2. The van der Waals surface area contributed by atoms with Crippen molar-refractivity contribution in [3.8, 4) is 5.88 Å². The third-order valence-corrected chi connectivity index (χ3v) is 2.79. The minimum atomic E-state index is -4.25. The monoisotopic (exact) mass is 359 g/mol. The van der Waals surface area contributed by atoms with E-state index in [9.17, 15) is 22.4 Å². The van der Waals surface area contributed by atoms with Gasteiger partial charge in [0.05, 0.1) is 5.56 Å². The van der Waals surface area contributed by atoms with E-state index in [-0.39, 0.29) is 35.8 Å². The number of hydrogen-bond donors (Lipinski definition) is 2. The summed E-state index contributed by atoms with van der Waals surface area (Å²) in [6.07, 6.45) is -2.69. The molecule has 1 amide bonds. The number of carbonyl (C=O) groups is 1. The Morgan fingerprint density at radius 2 is 2.04 bits per heavy atom. The molecule has 0 spiro atoms. The second-order valence-electron chi connectivity index (χ2n) is 4.64. The molecule has 0 aliphatic rings. The van der Waals surface area contributed by atoms with Gasteiger partial charge in [-0.1, -0.05) is 0 Å². The molecule has 0 saturated carbocycles. The van der Waals surface area contributed by atoms with Crippen LogP contribution in [0.3, 0.4) is 0 Å². The van der Waals surface area contributed by atoms with Gasteiger partial charge in [0.1, 0.15) is 0 Å². The maximum absolute atomic E-state index is 12.7. The highest BCUT2D eigenvalue weighted by Gasteiger charge is 2.41. The molecule has 0 radical (unpaired) electrons. The molecule has 132 valence electrons. The summed E-state index contributed by atoms with van der Waals surface area (Å²) in [4.78, 5) is 15.4. The van der Waals surface area contributed by atoms with Crippen LogP contribution in [-0.4, -0.2) is 49.5 Å². The summed E-state index contributed by atoms with van der Waals surface area (Å²) in [6, 6.07) is 2.55. The summed E-state index contributed by atoms with van der Waals surface area (Å²) in [7, 11) is 1.75. The molecule has 1 heterocycles. The molecule has 0 aliphatic heterocycles. The van der Waals surface area contributed by atoms with E-state index in [1.54, 1.807) is 7.05 Å². The van der Waals surface area contributed by atoms with Crippen LogP contribution < -0.4 is 15.4 Å². The van der Waals surface area contributed by atoms with Gasteiger partial charge in [-0.15, -0.1) is 12.4 Å². The molecule has 1 rings (SSSR count). The Bertz CT molecular complexity index is 489. The van der Waals surface area contributed by atoms with Gasteiger partial charge >= 0.3 is 12.3 Å². The highest BCUT2D eigenvalue weighted by molar-refractivity contribution is 5.93. The van der Waals surface area contributed by atoms with E-state index in [0.717, 1.165) is 12.3 Å². The molecule has 0 aliphatic carbocycles. The Morgan fingerprint density at radius 1 is 1.39 bits per heavy atom. The van der Waals surface area contributed by atoms with E-state index in [2.05, 4.69) is 20.4 Å². The molecule has 23 heavy (non-hydrogen) atoms. The molecule has 0 bridgehead atoms. The minimum Gasteiger partial charge on any atom is -0.471 e. The molecular weight excluding hydrogens is 342 g/mol. The molecule has 1 atom stereocenters. The summed E-state index contributed by atoms with van der Waals surface area (Å²) in [6.45, 7) is 0.787. The molecule has 0 fully saturated rings. The molecule has 0 aromatic carbocycles. The first kappa shape index (κ1) is 21.4. The number of rotatable bonds is 8. The van der Waals surface area contributed by atoms with Crippen LogP contribution in [0.2, 0.25) is 0 Å². The fourth-order valence-corrected chi connectivity index (χ4v) is 1.28. The average Bonchev–Trinajstić information content (AvgIpc) is 2.50. The molecule has 0 saturated heterocycles. The maximum Gasteiger partial charge on any atom is 0.340 e. The van der Waals surface area contributed by atoms with E-state index in [4.69, 9.17) is 0 Å². The summed E-state index contributed by atoms with van der Waals surface area (Å²) < 4.78 is 53.8. The minimum absolute atomic E-state index is 0. The Balaban J connectivity index is 0.00000484. The molecule has 1 aromatic rings. The van der Waals surface area contributed by atoms with Gasteiger partial charge in [0.25, 0.3) is 5.91 Å². The zero-order chi connectivity index (χ0) is 16.8. The molecule has 10 heteroatoms. The van der Waals surface area contributed by atoms with Gasteiger partial charge < -0.3 is 15.4 Å². The van der Waals surface area contributed by atoms with Crippen molar-refractivity contribution in [3.63, 3.8) is 0 Å². The number of carbonyl (C=O) groups excluding carboxylic acids is 1. The zero-order valence-electron chi connectivity index (χ0n) is 12.5. The van der Waals surface area contributed by atoms with Gasteiger partial charge in [-0.05, 0) is 20.0 Å². The number of ether oxygens (including phenoxy) is 1. The lowest BCUT2D eigenvalue weighted by Gasteiger charge is -2.15. The van der Waals surface area contributed by atoms with Gasteiger partial charge in [0.2, 0.25) is 5.88 Å². The highest BCUT2D eigenvalue weighted by Crippen LogP contribution is 2.23. The number of pyridine rings is 1. The number of aromatic nitrogens is 1. The molecule has 2 N–H and O–H groups in total. The molecule has 5 nitrogen and oxygen atoms in total. The predicted molar refractivity (Wildman–Crippen MR) is 78.8 cm³/mol. The van der Waals surface area contributed by atoms with Crippen LogP contribution in [0.4, 0.5) is 17.6 Å². The van der Waals surface area contributed by atoms with E-state index in [1.165, 1.54) is 6.07 Å². The van der Waals surface area contributed by atoms with E-state index < -0.39 is 19.0 Å². The van der Waals surface area contributed by atoms with Crippen molar-refractivity contribution in [1.82, 2.24) is 15.6 Å². The van der Waals surface area contributed by atoms with Crippen molar-refractivity contribution < 1.29 is 27.1 Å². The average molecular weight is 360 g/mol. The summed E-state index contributed by atoms with van der Waals surface area (Å²) in [5, 5.41) is 5.58. The normalized spacial score (nSPS) is 12.5. The van der Waals surface area contributed by atoms with E-state index in [0.29, 0.717) is 6.54 Å². The van der Waals surface area contributed by atoms with E-state index in [1.807, 2.05) is 6.92 Å². The number of amides is 1. The summed E-state index contributed by atoms with van der Waals surface area (Å²) >= 11 is 0. The number of hydrogen-bond acceptors (Lipinski definition) is 4. The largest absolute Gasteiger partial charge is 0.471 e. The van der Waals surface area contributed by atoms with Crippen LogP contribution >= 0.6 is 12.4 Å². The van der Waals surface area contributed by atoms with E-state index >= 15 is 0 Å². The van der Waals surface area contributed by atoms with Crippen LogP contribution in [0.15, 0.2) is 18.3 Å². The predicted octanol–water partition coefficient (Wildman–Crippen LogP) is 2.12. The zero-order valence-corrected chi connectivity index (χ0v) is 13.3. The number of likely N-dealkylation sites (N-methyl/N-ethyl adjacent to an activating group) is 1. The molecule has 1 unspecified atom stereocenters. The van der Waals surface area contributed by atoms with Gasteiger partial charge in [-0.2, -0.15) is 8.78 Å². The lowest BCUT2D eigenvalue weighted by molar-refractivity contribution is -0.148.